The van der Waals surface area contributed by atoms with Gasteiger partial charge in [0.25, 0.3) is 0 Å². The Morgan fingerprint density at radius 1 is 1.39 bits per heavy atom. The van der Waals surface area contributed by atoms with E-state index >= 15 is 0 Å². The number of thioether (sulfide) groups is 1. The first-order valence-electron chi connectivity index (χ1n) is 5.94. The summed E-state index contributed by atoms with van der Waals surface area (Å²) >= 11 is 1.82. The molecular formula is C12H23N5S. The van der Waals surface area contributed by atoms with Crippen molar-refractivity contribution in [1.29, 1.82) is 0 Å². The molecule has 0 aliphatic heterocycles. The average molecular weight is 269 g/mol. The molecule has 0 amide bonds. The summed E-state index contributed by atoms with van der Waals surface area (Å²) in [6.07, 6.45) is 2.10. The van der Waals surface area contributed by atoms with E-state index in [1.165, 1.54) is 0 Å². The first kappa shape index (κ1) is 15.0. The van der Waals surface area contributed by atoms with Gasteiger partial charge in [-0.2, -0.15) is 11.8 Å². The number of nitrogens with two attached hydrogens (primary N) is 1. The van der Waals surface area contributed by atoms with Crippen molar-refractivity contribution in [3.8, 4) is 0 Å². The van der Waals surface area contributed by atoms with Gasteiger partial charge in [0.2, 0.25) is 0 Å². The van der Waals surface area contributed by atoms with Gasteiger partial charge in [-0.25, -0.2) is 15.8 Å². The summed E-state index contributed by atoms with van der Waals surface area (Å²) in [4.78, 5) is 11.1. The van der Waals surface area contributed by atoms with Crippen LogP contribution in [0.3, 0.4) is 0 Å². The highest BCUT2D eigenvalue weighted by Gasteiger charge is 2.19. The molecule has 0 atom stereocenters. The first-order chi connectivity index (χ1) is 8.38. The van der Waals surface area contributed by atoms with E-state index in [1.807, 2.05) is 24.9 Å². The van der Waals surface area contributed by atoms with E-state index in [4.69, 9.17) is 5.84 Å². The molecule has 0 radical (unpaired) electrons. The van der Waals surface area contributed by atoms with Gasteiger partial charge >= 0.3 is 0 Å². The van der Waals surface area contributed by atoms with Gasteiger partial charge in [-0.05, 0) is 6.26 Å². The highest BCUT2D eigenvalue weighted by atomic mass is 32.2. The molecule has 102 valence electrons. The van der Waals surface area contributed by atoms with Gasteiger partial charge in [0.15, 0.2) is 0 Å². The van der Waals surface area contributed by atoms with Gasteiger partial charge in [0.1, 0.15) is 17.5 Å². The van der Waals surface area contributed by atoms with Crippen molar-refractivity contribution in [2.75, 3.05) is 35.9 Å². The maximum absolute atomic E-state index is 5.47. The van der Waals surface area contributed by atoms with Gasteiger partial charge in [-0.3, -0.25) is 0 Å². The summed E-state index contributed by atoms with van der Waals surface area (Å²) in [5, 5.41) is 0. The van der Waals surface area contributed by atoms with E-state index in [-0.39, 0.29) is 5.41 Å². The number of nitrogens with one attached hydrogen (secondary N) is 1. The molecular weight excluding hydrogens is 246 g/mol. The lowest BCUT2D eigenvalue weighted by molar-refractivity contribution is 0.545. The highest BCUT2D eigenvalue weighted by Crippen LogP contribution is 2.23. The Labute approximate surface area is 114 Å². The minimum Gasteiger partial charge on any atom is -0.359 e. The monoisotopic (exact) mass is 269 g/mol. The number of hydrogen-bond acceptors (Lipinski definition) is 6. The fraction of sp³-hybridized carbons (Fsp3) is 0.667. The Balaban J connectivity index is 3.04. The summed E-state index contributed by atoms with van der Waals surface area (Å²) in [6, 6.07) is 1.87. The molecule has 1 heterocycles. The van der Waals surface area contributed by atoms with Crippen LogP contribution in [0.2, 0.25) is 0 Å². The maximum atomic E-state index is 5.47. The van der Waals surface area contributed by atoms with Crippen LogP contribution in [0.1, 0.15) is 26.6 Å². The summed E-state index contributed by atoms with van der Waals surface area (Å²) in [5.41, 5.74) is 2.51. The fourth-order valence-corrected chi connectivity index (χ4v) is 1.84. The lowest BCUT2D eigenvalue weighted by atomic mass is 9.96. The van der Waals surface area contributed by atoms with Crippen molar-refractivity contribution in [3.05, 3.63) is 11.9 Å². The Morgan fingerprint density at radius 2 is 2.06 bits per heavy atom. The molecule has 0 aliphatic rings. The van der Waals surface area contributed by atoms with Crippen LogP contribution in [0.15, 0.2) is 6.07 Å². The highest BCUT2D eigenvalue weighted by molar-refractivity contribution is 7.98. The Kier molecular flexibility index (Phi) is 5.22. The topological polar surface area (TPSA) is 67.1 Å². The second-order valence-electron chi connectivity index (χ2n) is 5.24. The minimum absolute atomic E-state index is 0.0953. The van der Waals surface area contributed by atoms with Gasteiger partial charge in [0, 0.05) is 30.8 Å². The number of aromatic nitrogens is 2. The molecule has 0 unspecified atom stereocenters. The molecule has 1 aromatic heterocycles. The normalized spacial score (nSPS) is 11.4. The van der Waals surface area contributed by atoms with Gasteiger partial charge in [0.05, 0.1) is 0 Å². The number of hydrogen-bond donors (Lipinski definition) is 2. The molecule has 0 fully saturated rings. The van der Waals surface area contributed by atoms with Crippen LogP contribution in [0, 0.1) is 0 Å². The van der Waals surface area contributed by atoms with E-state index in [0.29, 0.717) is 5.82 Å². The Bertz CT molecular complexity index is 389. The minimum atomic E-state index is -0.0953. The van der Waals surface area contributed by atoms with Crippen LogP contribution in [-0.4, -0.2) is 35.6 Å². The zero-order valence-corrected chi connectivity index (χ0v) is 12.6. The summed E-state index contributed by atoms with van der Waals surface area (Å²) in [5.74, 6) is 8.88. The van der Waals surface area contributed by atoms with E-state index in [1.54, 1.807) is 0 Å². The van der Waals surface area contributed by atoms with Gasteiger partial charge in [-0.1, -0.05) is 20.8 Å². The quantitative estimate of drug-likeness (QED) is 0.628. The Hall–Kier alpha value is -1.01. The number of anilines is 2. The third kappa shape index (κ3) is 4.03. The number of nitrogens with zero attached hydrogens (tertiary/aromatic N) is 3. The van der Waals surface area contributed by atoms with Gasteiger partial charge in [-0.15, -0.1) is 0 Å². The van der Waals surface area contributed by atoms with Crippen molar-refractivity contribution in [1.82, 2.24) is 9.97 Å². The fourth-order valence-electron chi connectivity index (χ4n) is 1.38. The van der Waals surface area contributed by atoms with Crippen LogP contribution in [0.25, 0.3) is 0 Å². The van der Waals surface area contributed by atoms with Gasteiger partial charge < -0.3 is 10.3 Å². The van der Waals surface area contributed by atoms with Crippen LogP contribution < -0.4 is 16.2 Å². The number of rotatable bonds is 5. The largest absolute Gasteiger partial charge is 0.359 e. The number of hydrazine groups is 1. The number of nitrogen functional groups attached to an aromatic ring is 1. The molecule has 0 bridgehead atoms. The van der Waals surface area contributed by atoms with Crippen molar-refractivity contribution in [3.63, 3.8) is 0 Å². The van der Waals surface area contributed by atoms with Crippen LogP contribution in [-0.2, 0) is 5.41 Å². The third-order valence-electron chi connectivity index (χ3n) is 2.55. The molecule has 5 nitrogen and oxygen atoms in total. The molecule has 1 aromatic rings. The molecule has 18 heavy (non-hydrogen) atoms. The molecule has 0 saturated carbocycles. The zero-order chi connectivity index (χ0) is 13.8. The molecule has 0 spiro atoms. The predicted octanol–water partition coefficient (Wildman–Crippen LogP) is 1.86. The lowest BCUT2D eigenvalue weighted by Crippen LogP contribution is -2.25. The van der Waals surface area contributed by atoms with Crippen molar-refractivity contribution < 1.29 is 0 Å². The second kappa shape index (κ2) is 6.24. The first-order valence-corrected chi connectivity index (χ1v) is 7.34. The molecule has 0 aromatic carbocycles. The molecule has 3 N–H and O–H groups in total. The lowest BCUT2D eigenvalue weighted by Gasteiger charge is -2.22. The predicted molar refractivity (Wildman–Crippen MR) is 80.2 cm³/mol. The van der Waals surface area contributed by atoms with E-state index < -0.39 is 0 Å². The standard InChI is InChI=1S/C12H23N5S/c1-12(2,3)11-14-9(16-13)8-10(15-11)17(4)6-7-18-5/h8H,6-7,13H2,1-5H3,(H,14,15,16). The van der Waals surface area contributed by atoms with Crippen LogP contribution >= 0.6 is 11.8 Å². The van der Waals surface area contributed by atoms with Crippen LogP contribution in [0.5, 0.6) is 0 Å². The van der Waals surface area contributed by atoms with Crippen molar-refractivity contribution in [2.24, 2.45) is 5.84 Å². The SMILES string of the molecule is CSCCN(C)c1cc(NN)nc(C(C)(C)C)n1. The van der Waals surface area contributed by atoms with Crippen LogP contribution in [0.4, 0.5) is 11.6 Å². The smallest absolute Gasteiger partial charge is 0.145 e. The summed E-state index contributed by atoms with van der Waals surface area (Å²) < 4.78 is 0. The van der Waals surface area contributed by atoms with Crippen molar-refractivity contribution >= 4 is 23.4 Å². The summed E-state index contributed by atoms with van der Waals surface area (Å²) in [7, 11) is 2.03. The molecule has 0 aliphatic carbocycles. The summed E-state index contributed by atoms with van der Waals surface area (Å²) in [6.45, 7) is 7.22. The maximum Gasteiger partial charge on any atom is 0.145 e. The van der Waals surface area contributed by atoms with Crippen molar-refractivity contribution in [2.45, 2.75) is 26.2 Å². The molecule has 6 heteroatoms. The Morgan fingerprint density at radius 3 is 2.56 bits per heavy atom. The molecule has 0 saturated heterocycles. The van der Waals surface area contributed by atoms with E-state index in [9.17, 15) is 0 Å². The molecule has 1 rings (SSSR count). The zero-order valence-electron chi connectivity index (χ0n) is 11.8. The third-order valence-corrected chi connectivity index (χ3v) is 3.14. The van der Waals surface area contributed by atoms with E-state index in [2.05, 4.69) is 47.3 Å². The van der Waals surface area contributed by atoms with E-state index in [0.717, 1.165) is 23.9 Å². The average Bonchev–Trinajstić information content (AvgIpc) is 2.34. The second-order valence-corrected chi connectivity index (χ2v) is 6.23.